The number of rotatable bonds is 4. The van der Waals surface area contributed by atoms with Crippen molar-refractivity contribution in [2.45, 2.75) is 53.2 Å². The van der Waals surface area contributed by atoms with E-state index >= 15 is 0 Å². The van der Waals surface area contributed by atoms with Crippen LogP contribution in [0.3, 0.4) is 0 Å². The summed E-state index contributed by atoms with van der Waals surface area (Å²) >= 11 is 0. The van der Waals surface area contributed by atoms with Crippen LogP contribution in [0, 0.1) is 5.41 Å². The Morgan fingerprint density at radius 2 is 1.69 bits per heavy atom. The Bertz CT molecular complexity index is 138. The topological polar surface area (TPSA) is 23.5 Å². The summed E-state index contributed by atoms with van der Waals surface area (Å²) < 4.78 is 0. The molecule has 2 heteroatoms. The summed E-state index contributed by atoms with van der Waals surface area (Å²) in [5.41, 5.74) is 0.313. The van der Waals surface area contributed by atoms with Crippen LogP contribution < -0.4 is 0 Å². The van der Waals surface area contributed by atoms with Crippen molar-refractivity contribution in [1.29, 1.82) is 0 Å². The molecule has 80 valence electrons. The van der Waals surface area contributed by atoms with Gasteiger partial charge in [0, 0.05) is 12.6 Å². The average Bonchev–Trinajstić information content (AvgIpc) is 1.96. The Balaban J connectivity index is 3.90. The molecule has 0 heterocycles. The molecule has 0 rings (SSSR count). The predicted octanol–water partition coefficient (Wildman–Crippen LogP) is 2.12. The van der Waals surface area contributed by atoms with E-state index in [4.69, 9.17) is 5.11 Å². The summed E-state index contributed by atoms with van der Waals surface area (Å²) in [6.45, 7) is 11.8. The third-order valence-corrected chi connectivity index (χ3v) is 2.81. The van der Waals surface area contributed by atoms with Crippen LogP contribution in [0.4, 0.5) is 0 Å². The highest BCUT2D eigenvalue weighted by Gasteiger charge is 2.23. The molecule has 0 aliphatic carbocycles. The van der Waals surface area contributed by atoms with Gasteiger partial charge in [0.15, 0.2) is 0 Å². The van der Waals surface area contributed by atoms with Crippen molar-refractivity contribution < 1.29 is 5.11 Å². The lowest BCUT2D eigenvalue weighted by Crippen LogP contribution is -2.40. The van der Waals surface area contributed by atoms with Gasteiger partial charge in [0.05, 0.1) is 6.10 Å². The minimum atomic E-state index is -0.186. The molecular weight excluding hydrogens is 162 g/mol. The molecule has 2 unspecified atom stereocenters. The van der Waals surface area contributed by atoms with E-state index < -0.39 is 0 Å². The molecule has 0 amide bonds. The molecule has 0 radical (unpaired) electrons. The standard InChI is InChI=1S/C11H25NO/c1-9(13)7-8-12(6)10(2)11(3,4)5/h9-10,13H,7-8H2,1-6H3. The van der Waals surface area contributed by atoms with Gasteiger partial charge in [-0.3, -0.25) is 0 Å². The van der Waals surface area contributed by atoms with Crippen LogP contribution in [-0.2, 0) is 0 Å². The van der Waals surface area contributed by atoms with E-state index in [1.807, 2.05) is 6.92 Å². The SMILES string of the molecule is CC(O)CCN(C)C(C)C(C)(C)C. The Morgan fingerprint density at radius 3 is 2.00 bits per heavy atom. The van der Waals surface area contributed by atoms with Crippen LogP contribution in [0.5, 0.6) is 0 Å². The normalized spacial score (nSPS) is 17.5. The smallest absolute Gasteiger partial charge is 0.0524 e. The molecule has 13 heavy (non-hydrogen) atoms. The molecule has 1 N–H and O–H groups in total. The molecule has 0 aliphatic heterocycles. The van der Waals surface area contributed by atoms with Crippen molar-refractivity contribution in [2.24, 2.45) is 5.41 Å². The predicted molar refractivity (Wildman–Crippen MR) is 57.8 cm³/mol. The second kappa shape index (κ2) is 4.97. The monoisotopic (exact) mass is 187 g/mol. The molecule has 0 fully saturated rings. The van der Waals surface area contributed by atoms with E-state index in [0.717, 1.165) is 13.0 Å². The van der Waals surface area contributed by atoms with Gasteiger partial charge < -0.3 is 10.0 Å². The molecule has 2 nitrogen and oxygen atoms in total. The zero-order valence-corrected chi connectivity index (χ0v) is 9.96. The van der Waals surface area contributed by atoms with Crippen molar-refractivity contribution >= 4 is 0 Å². The Morgan fingerprint density at radius 1 is 1.23 bits per heavy atom. The first-order valence-corrected chi connectivity index (χ1v) is 5.13. The first kappa shape index (κ1) is 12.9. The summed E-state index contributed by atoms with van der Waals surface area (Å²) in [4.78, 5) is 2.31. The number of hydrogen-bond acceptors (Lipinski definition) is 2. The van der Waals surface area contributed by atoms with Crippen LogP contribution >= 0.6 is 0 Å². The van der Waals surface area contributed by atoms with Crippen LogP contribution in [0.25, 0.3) is 0 Å². The maximum Gasteiger partial charge on any atom is 0.0524 e. The minimum absolute atomic E-state index is 0.186. The third-order valence-electron chi connectivity index (χ3n) is 2.81. The lowest BCUT2D eigenvalue weighted by Gasteiger charge is -2.35. The fraction of sp³-hybridized carbons (Fsp3) is 1.00. The van der Waals surface area contributed by atoms with Gasteiger partial charge in [0.2, 0.25) is 0 Å². The first-order valence-electron chi connectivity index (χ1n) is 5.13. The largest absolute Gasteiger partial charge is 0.393 e. The maximum absolute atomic E-state index is 9.16. The number of hydrogen-bond donors (Lipinski definition) is 1. The van der Waals surface area contributed by atoms with Crippen molar-refractivity contribution in [3.63, 3.8) is 0 Å². The van der Waals surface area contributed by atoms with Gasteiger partial charge >= 0.3 is 0 Å². The van der Waals surface area contributed by atoms with E-state index in [1.54, 1.807) is 0 Å². The Labute approximate surface area is 82.9 Å². The lowest BCUT2D eigenvalue weighted by molar-refractivity contribution is 0.110. The lowest BCUT2D eigenvalue weighted by atomic mass is 9.87. The molecule has 0 aromatic carbocycles. The van der Waals surface area contributed by atoms with E-state index in [-0.39, 0.29) is 6.10 Å². The van der Waals surface area contributed by atoms with Crippen molar-refractivity contribution in [1.82, 2.24) is 4.90 Å². The summed E-state index contributed by atoms with van der Waals surface area (Å²) in [6.07, 6.45) is 0.673. The third kappa shape index (κ3) is 5.27. The molecular formula is C11H25NO. The fourth-order valence-corrected chi connectivity index (χ4v) is 1.25. The van der Waals surface area contributed by atoms with Crippen LogP contribution in [0.15, 0.2) is 0 Å². The van der Waals surface area contributed by atoms with E-state index in [0.29, 0.717) is 11.5 Å². The second-order valence-electron chi connectivity index (χ2n) is 5.16. The van der Waals surface area contributed by atoms with Gasteiger partial charge in [-0.25, -0.2) is 0 Å². The minimum Gasteiger partial charge on any atom is -0.393 e. The molecule has 0 aromatic rings. The highest BCUT2D eigenvalue weighted by molar-refractivity contribution is 4.77. The van der Waals surface area contributed by atoms with E-state index in [9.17, 15) is 0 Å². The Hall–Kier alpha value is -0.0800. The quantitative estimate of drug-likeness (QED) is 0.729. The molecule has 0 aromatic heterocycles. The van der Waals surface area contributed by atoms with Gasteiger partial charge in [-0.1, -0.05) is 20.8 Å². The number of aliphatic hydroxyl groups is 1. The zero-order chi connectivity index (χ0) is 10.6. The summed E-state index contributed by atoms with van der Waals surface area (Å²) in [5, 5.41) is 9.16. The van der Waals surface area contributed by atoms with Crippen LogP contribution in [0.2, 0.25) is 0 Å². The van der Waals surface area contributed by atoms with Gasteiger partial charge in [0.1, 0.15) is 0 Å². The van der Waals surface area contributed by atoms with Crippen molar-refractivity contribution in [2.75, 3.05) is 13.6 Å². The fourth-order valence-electron chi connectivity index (χ4n) is 1.25. The van der Waals surface area contributed by atoms with E-state index in [2.05, 4.69) is 39.6 Å². The zero-order valence-electron chi connectivity index (χ0n) is 9.96. The number of aliphatic hydroxyl groups excluding tert-OH is 1. The first-order chi connectivity index (χ1) is 5.75. The molecule has 0 bridgehead atoms. The summed E-state index contributed by atoms with van der Waals surface area (Å²) in [7, 11) is 2.12. The van der Waals surface area contributed by atoms with E-state index in [1.165, 1.54) is 0 Å². The van der Waals surface area contributed by atoms with Crippen LogP contribution in [0.1, 0.15) is 41.0 Å². The summed E-state index contributed by atoms with van der Waals surface area (Å²) in [5.74, 6) is 0. The number of nitrogens with zero attached hydrogens (tertiary/aromatic N) is 1. The van der Waals surface area contributed by atoms with Crippen LogP contribution in [-0.4, -0.2) is 35.7 Å². The average molecular weight is 187 g/mol. The molecule has 0 aliphatic rings. The second-order valence-corrected chi connectivity index (χ2v) is 5.16. The summed E-state index contributed by atoms with van der Waals surface area (Å²) in [6, 6.07) is 0.547. The molecule has 0 saturated carbocycles. The maximum atomic E-state index is 9.16. The van der Waals surface area contributed by atoms with Gasteiger partial charge in [-0.05, 0) is 32.7 Å². The molecule has 0 saturated heterocycles. The highest BCUT2D eigenvalue weighted by atomic mass is 16.3. The van der Waals surface area contributed by atoms with Gasteiger partial charge in [-0.15, -0.1) is 0 Å². The van der Waals surface area contributed by atoms with Crippen molar-refractivity contribution in [3.05, 3.63) is 0 Å². The van der Waals surface area contributed by atoms with Crippen molar-refractivity contribution in [3.8, 4) is 0 Å². The highest BCUT2D eigenvalue weighted by Crippen LogP contribution is 2.22. The van der Waals surface area contributed by atoms with Gasteiger partial charge in [-0.2, -0.15) is 0 Å². The molecule has 2 atom stereocenters. The Kier molecular flexibility index (Phi) is 4.93. The van der Waals surface area contributed by atoms with Gasteiger partial charge in [0.25, 0.3) is 0 Å². The molecule has 0 spiro atoms.